The summed E-state index contributed by atoms with van der Waals surface area (Å²) in [5.74, 6) is 0.703. The predicted octanol–water partition coefficient (Wildman–Crippen LogP) is -2.22. The molecular formula is C7H18BrNO2S2. The van der Waals surface area contributed by atoms with Crippen molar-refractivity contribution in [1.29, 1.82) is 0 Å². The molecule has 0 saturated heterocycles. The molecule has 0 aromatic carbocycles. The van der Waals surface area contributed by atoms with Gasteiger partial charge in [0.05, 0.1) is 27.7 Å². The van der Waals surface area contributed by atoms with Crippen LogP contribution in [-0.2, 0) is 8.87 Å². The van der Waals surface area contributed by atoms with E-state index in [-0.39, 0.29) is 17.0 Å². The molecule has 0 N–H and O–H groups in total. The Morgan fingerprint density at radius 3 is 2.00 bits per heavy atom. The first kappa shape index (κ1) is 16.2. The van der Waals surface area contributed by atoms with Gasteiger partial charge in [0.15, 0.2) is 8.87 Å². The maximum atomic E-state index is 10.7. The van der Waals surface area contributed by atoms with E-state index in [1.54, 1.807) is 0 Å². The summed E-state index contributed by atoms with van der Waals surface area (Å²) in [5, 5.41) is 0. The summed E-state index contributed by atoms with van der Waals surface area (Å²) in [4.78, 5) is 0. The first-order valence-electron chi connectivity index (χ1n) is 3.85. The fourth-order valence-electron chi connectivity index (χ4n) is 0.749. The van der Waals surface area contributed by atoms with E-state index < -0.39 is 8.87 Å². The van der Waals surface area contributed by atoms with Crippen LogP contribution in [0.4, 0.5) is 0 Å². The lowest BCUT2D eigenvalue weighted by molar-refractivity contribution is -0.870. The van der Waals surface area contributed by atoms with Crippen LogP contribution in [0.15, 0.2) is 0 Å². The molecule has 0 aliphatic heterocycles. The van der Waals surface area contributed by atoms with Gasteiger partial charge in [0.1, 0.15) is 0 Å². The molecule has 0 aromatic rings. The number of halogens is 1. The maximum absolute atomic E-state index is 10.7. The van der Waals surface area contributed by atoms with Crippen LogP contribution in [0.3, 0.4) is 0 Å². The molecule has 0 unspecified atom stereocenters. The van der Waals surface area contributed by atoms with E-state index in [9.17, 15) is 8.42 Å². The first-order valence-corrected chi connectivity index (χ1v) is 7.25. The molecule has 0 fully saturated rings. The minimum absolute atomic E-state index is 0. The van der Waals surface area contributed by atoms with Gasteiger partial charge in [0.2, 0.25) is 0 Å². The molecule has 13 heavy (non-hydrogen) atoms. The Bertz CT molecular complexity index is 221. The molecule has 0 rings (SSSR count). The average molecular weight is 292 g/mol. The Labute approximate surface area is 95.6 Å². The summed E-state index contributed by atoms with van der Waals surface area (Å²) in [7, 11) is 4.51. The number of quaternary nitrogens is 1. The Morgan fingerprint density at radius 2 is 1.69 bits per heavy atom. The Morgan fingerprint density at radius 1 is 1.23 bits per heavy atom. The van der Waals surface area contributed by atoms with Gasteiger partial charge < -0.3 is 21.5 Å². The Kier molecular flexibility index (Phi) is 7.80. The highest BCUT2D eigenvalue weighted by Crippen LogP contribution is 2.11. The molecule has 0 atom stereocenters. The van der Waals surface area contributed by atoms with Crippen LogP contribution in [0.2, 0.25) is 0 Å². The van der Waals surface area contributed by atoms with E-state index in [0.717, 1.165) is 28.2 Å². The van der Waals surface area contributed by atoms with Crippen molar-refractivity contribution in [2.45, 2.75) is 6.42 Å². The van der Waals surface area contributed by atoms with Crippen molar-refractivity contribution in [3.63, 3.8) is 0 Å². The summed E-state index contributed by atoms with van der Waals surface area (Å²) in [5.41, 5.74) is 0. The summed E-state index contributed by atoms with van der Waals surface area (Å²) in [6, 6.07) is 0. The van der Waals surface area contributed by atoms with Gasteiger partial charge in [-0.1, -0.05) is 0 Å². The zero-order valence-electron chi connectivity index (χ0n) is 8.58. The van der Waals surface area contributed by atoms with E-state index in [0.29, 0.717) is 5.75 Å². The van der Waals surface area contributed by atoms with E-state index in [4.69, 9.17) is 0 Å². The lowest BCUT2D eigenvalue weighted by Crippen LogP contribution is -3.00. The SMILES string of the molecule is C[N+](C)(C)CCCSS(C)(=O)=O.[Br-]. The van der Waals surface area contributed by atoms with E-state index in [1.165, 1.54) is 6.26 Å². The summed E-state index contributed by atoms with van der Waals surface area (Å²) >= 11 is 0. The number of hydrogen-bond donors (Lipinski definition) is 0. The minimum atomic E-state index is -2.83. The van der Waals surface area contributed by atoms with E-state index in [2.05, 4.69) is 21.1 Å². The van der Waals surface area contributed by atoms with Gasteiger partial charge >= 0.3 is 0 Å². The quantitative estimate of drug-likeness (QED) is 0.327. The van der Waals surface area contributed by atoms with Crippen LogP contribution in [0, 0.1) is 0 Å². The average Bonchev–Trinajstić information content (AvgIpc) is 1.76. The van der Waals surface area contributed by atoms with Crippen molar-refractivity contribution in [1.82, 2.24) is 0 Å². The van der Waals surface area contributed by atoms with Gasteiger partial charge in [0, 0.05) is 18.4 Å². The fourth-order valence-corrected chi connectivity index (χ4v) is 2.56. The Hall–Kier alpha value is 0.740. The molecule has 0 saturated carbocycles. The number of nitrogens with zero attached hydrogens (tertiary/aromatic N) is 1. The molecule has 0 bridgehead atoms. The van der Waals surface area contributed by atoms with Crippen molar-refractivity contribution in [2.75, 3.05) is 39.7 Å². The third-order valence-electron chi connectivity index (χ3n) is 1.27. The van der Waals surface area contributed by atoms with Crippen molar-refractivity contribution < 1.29 is 29.9 Å². The van der Waals surface area contributed by atoms with Gasteiger partial charge in [-0.3, -0.25) is 0 Å². The predicted molar refractivity (Wildman–Crippen MR) is 54.8 cm³/mol. The molecule has 0 aliphatic rings. The standard InChI is InChI=1S/C7H18NO2S2.BrH/c1-8(2,3)6-5-7-11-12(4,9)10;/h5-7H2,1-4H3;1H/q+1;/p-1. The van der Waals surface area contributed by atoms with Crippen molar-refractivity contribution in [3.8, 4) is 0 Å². The lowest BCUT2D eigenvalue weighted by atomic mass is 10.4. The van der Waals surface area contributed by atoms with Crippen LogP contribution in [0.1, 0.15) is 6.42 Å². The molecule has 0 spiro atoms. The first-order chi connectivity index (χ1) is 5.21. The van der Waals surface area contributed by atoms with Crippen LogP contribution < -0.4 is 17.0 Å². The van der Waals surface area contributed by atoms with Crippen molar-refractivity contribution in [2.24, 2.45) is 0 Å². The van der Waals surface area contributed by atoms with Crippen molar-refractivity contribution in [3.05, 3.63) is 0 Å². The highest BCUT2D eigenvalue weighted by molar-refractivity contribution is 8.71. The molecule has 6 heteroatoms. The van der Waals surface area contributed by atoms with Crippen LogP contribution in [0.5, 0.6) is 0 Å². The van der Waals surface area contributed by atoms with Gasteiger partial charge in [-0.15, -0.1) is 0 Å². The molecule has 0 aromatic heterocycles. The molecule has 0 heterocycles. The molecular weight excluding hydrogens is 274 g/mol. The topological polar surface area (TPSA) is 34.1 Å². The third-order valence-corrected chi connectivity index (χ3v) is 3.94. The summed E-state index contributed by atoms with van der Waals surface area (Å²) < 4.78 is 22.3. The van der Waals surface area contributed by atoms with Gasteiger partial charge in [-0.05, 0) is 10.8 Å². The second-order valence-corrected chi connectivity index (χ2v) is 8.47. The van der Waals surface area contributed by atoms with Crippen LogP contribution >= 0.6 is 10.8 Å². The molecule has 82 valence electrons. The lowest BCUT2D eigenvalue weighted by Gasteiger charge is -2.23. The fraction of sp³-hybridized carbons (Fsp3) is 1.00. The largest absolute Gasteiger partial charge is 1.00 e. The second-order valence-electron chi connectivity index (χ2n) is 3.89. The molecule has 0 amide bonds. The van der Waals surface area contributed by atoms with Crippen LogP contribution in [-0.4, -0.2) is 52.6 Å². The number of hydrogen-bond acceptors (Lipinski definition) is 3. The summed E-state index contributed by atoms with van der Waals surface area (Å²) in [6.07, 6.45) is 2.20. The maximum Gasteiger partial charge on any atom is 0.198 e. The summed E-state index contributed by atoms with van der Waals surface area (Å²) in [6.45, 7) is 1.02. The monoisotopic (exact) mass is 291 g/mol. The second kappa shape index (κ2) is 6.27. The van der Waals surface area contributed by atoms with Gasteiger partial charge in [-0.25, -0.2) is 8.42 Å². The van der Waals surface area contributed by atoms with E-state index in [1.807, 2.05) is 0 Å². The zero-order chi connectivity index (χ0) is 9.83. The minimum Gasteiger partial charge on any atom is -1.00 e. The molecule has 0 radical (unpaired) electrons. The number of rotatable bonds is 5. The smallest absolute Gasteiger partial charge is 0.198 e. The highest BCUT2D eigenvalue weighted by atomic mass is 79.9. The van der Waals surface area contributed by atoms with E-state index >= 15 is 0 Å². The van der Waals surface area contributed by atoms with Crippen molar-refractivity contribution >= 4 is 19.7 Å². The third kappa shape index (κ3) is 15.5. The van der Waals surface area contributed by atoms with Gasteiger partial charge in [0.25, 0.3) is 0 Å². The Balaban J connectivity index is 0. The van der Waals surface area contributed by atoms with Crippen LogP contribution in [0.25, 0.3) is 0 Å². The molecule has 3 nitrogen and oxygen atoms in total. The van der Waals surface area contributed by atoms with Gasteiger partial charge in [-0.2, -0.15) is 0 Å². The normalized spacial score (nSPS) is 12.3. The zero-order valence-corrected chi connectivity index (χ0v) is 11.8. The molecule has 0 aliphatic carbocycles. The highest BCUT2D eigenvalue weighted by Gasteiger charge is 2.08.